The van der Waals surface area contributed by atoms with E-state index in [1.807, 2.05) is 60.7 Å². The minimum absolute atomic E-state index is 0.0759. The molecule has 5 heteroatoms. The van der Waals surface area contributed by atoms with E-state index in [2.05, 4.69) is 0 Å². The van der Waals surface area contributed by atoms with E-state index >= 15 is 0 Å². The largest absolute Gasteiger partial charge is 0.394 e. The first-order chi connectivity index (χ1) is 12.3. The number of rotatable bonds is 10. The second-order valence-corrected chi connectivity index (χ2v) is 6.15. The summed E-state index contributed by atoms with van der Waals surface area (Å²) in [6.07, 6.45) is -1.93. The third kappa shape index (κ3) is 5.36. The molecule has 0 amide bonds. The van der Waals surface area contributed by atoms with Crippen LogP contribution in [0.15, 0.2) is 60.7 Å². The summed E-state index contributed by atoms with van der Waals surface area (Å²) in [4.78, 5) is 0. The lowest BCUT2D eigenvalue weighted by molar-refractivity contribution is -0.0900. The molecule has 25 heavy (non-hydrogen) atoms. The molecule has 2 aromatic rings. The lowest BCUT2D eigenvalue weighted by Gasteiger charge is -2.22. The molecule has 0 spiro atoms. The van der Waals surface area contributed by atoms with Crippen LogP contribution in [0.3, 0.4) is 0 Å². The first kappa shape index (κ1) is 18.0. The van der Waals surface area contributed by atoms with Crippen molar-refractivity contribution in [2.75, 3.05) is 13.2 Å². The molecule has 0 aromatic heterocycles. The average molecular weight is 344 g/mol. The molecule has 1 heterocycles. The van der Waals surface area contributed by atoms with Gasteiger partial charge in [0.1, 0.15) is 24.4 Å². The molecule has 0 radical (unpaired) electrons. The monoisotopic (exact) mass is 344 g/mol. The second-order valence-electron chi connectivity index (χ2n) is 6.15. The number of aliphatic hydroxyl groups excluding tert-OH is 2. The quantitative estimate of drug-likeness (QED) is 0.644. The lowest BCUT2D eigenvalue weighted by Crippen LogP contribution is -2.38. The number of hydrogen-bond donors (Lipinski definition) is 2. The average Bonchev–Trinajstić information content (AvgIpc) is 3.43. The number of ether oxygens (including phenoxy) is 3. The van der Waals surface area contributed by atoms with Crippen LogP contribution in [0.25, 0.3) is 0 Å². The van der Waals surface area contributed by atoms with Gasteiger partial charge in [-0.15, -0.1) is 0 Å². The summed E-state index contributed by atoms with van der Waals surface area (Å²) in [6, 6.07) is 19.6. The Balaban J connectivity index is 1.51. The van der Waals surface area contributed by atoms with E-state index in [0.29, 0.717) is 13.2 Å². The van der Waals surface area contributed by atoms with Crippen LogP contribution in [-0.2, 0) is 27.4 Å². The predicted molar refractivity (Wildman–Crippen MR) is 92.9 cm³/mol. The molecule has 2 N–H and O–H groups in total. The van der Waals surface area contributed by atoms with Gasteiger partial charge in [0.25, 0.3) is 0 Å². The van der Waals surface area contributed by atoms with Crippen molar-refractivity contribution < 1.29 is 24.4 Å². The molecule has 1 fully saturated rings. The Morgan fingerprint density at radius 2 is 1.52 bits per heavy atom. The van der Waals surface area contributed by atoms with Gasteiger partial charge in [0.15, 0.2) is 0 Å². The van der Waals surface area contributed by atoms with Gasteiger partial charge in [0, 0.05) is 0 Å². The van der Waals surface area contributed by atoms with Crippen LogP contribution in [0.1, 0.15) is 11.1 Å². The molecule has 1 aliphatic heterocycles. The van der Waals surface area contributed by atoms with E-state index in [9.17, 15) is 10.2 Å². The Morgan fingerprint density at radius 1 is 0.920 bits per heavy atom. The summed E-state index contributed by atoms with van der Waals surface area (Å²) >= 11 is 0. The topological polar surface area (TPSA) is 71.5 Å². The highest BCUT2D eigenvalue weighted by Crippen LogP contribution is 2.29. The zero-order valence-electron chi connectivity index (χ0n) is 14.0. The molecule has 2 aromatic carbocycles. The summed E-state index contributed by atoms with van der Waals surface area (Å²) < 4.78 is 16.9. The Bertz CT molecular complexity index is 618. The number of benzene rings is 2. The van der Waals surface area contributed by atoms with Crippen molar-refractivity contribution in [2.24, 2.45) is 0 Å². The second kappa shape index (κ2) is 9.08. The van der Waals surface area contributed by atoms with Crippen LogP contribution in [0, 0.1) is 0 Å². The number of aliphatic hydroxyl groups is 2. The van der Waals surface area contributed by atoms with E-state index in [1.54, 1.807) is 0 Å². The molecular weight excluding hydrogens is 320 g/mol. The van der Waals surface area contributed by atoms with Crippen LogP contribution in [0.2, 0.25) is 0 Å². The maximum atomic E-state index is 10.5. The van der Waals surface area contributed by atoms with Gasteiger partial charge in [-0.3, -0.25) is 0 Å². The normalized spacial score (nSPS) is 21.7. The Morgan fingerprint density at radius 3 is 2.08 bits per heavy atom. The summed E-state index contributed by atoms with van der Waals surface area (Å²) in [5.41, 5.74) is 2.07. The fourth-order valence-corrected chi connectivity index (χ4v) is 2.75. The first-order valence-corrected chi connectivity index (χ1v) is 8.49. The Labute approximate surface area is 147 Å². The summed E-state index contributed by atoms with van der Waals surface area (Å²) in [5.74, 6) is 0. The molecule has 0 saturated carbocycles. The standard InChI is InChI=1S/C20H24O5/c21-11-18-20(25-18)19(24-13-16-9-5-2-6-10-16)17(22)14-23-12-15-7-3-1-4-8-15/h1-10,17-22H,11-14H2/t17-,18-,19-,20-/m1/s1. The molecule has 4 atom stereocenters. The van der Waals surface area contributed by atoms with E-state index in [-0.39, 0.29) is 25.4 Å². The third-order valence-corrected chi connectivity index (χ3v) is 4.19. The first-order valence-electron chi connectivity index (χ1n) is 8.49. The number of hydrogen-bond acceptors (Lipinski definition) is 5. The van der Waals surface area contributed by atoms with Gasteiger partial charge in [0.2, 0.25) is 0 Å². The van der Waals surface area contributed by atoms with E-state index in [0.717, 1.165) is 11.1 Å². The van der Waals surface area contributed by atoms with E-state index in [1.165, 1.54) is 0 Å². The smallest absolute Gasteiger partial charge is 0.115 e. The predicted octanol–water partition coefficient (Wildman–Crippen LogP) is 1.91. The van der Waals surface area contributed by atoms with Gasteiger partial charge in [-0.2, -0.15) is 0 Å². The minimum atomic E-state index is -0.825. The van der Waals surface area contributed by atoms with Gasteiger partial charge < -0.3 is 24.4 Å². The lowest BCUT2D eigenvalue weighted by atomic mass is 10.1. The highest BCUT2D eigenvalue weighted by atomic mass is 16.6. The zero-order valence-corrected chi connectivity index (χ0v) is 14.0. The fourth-order valence-electron chi connectivity index (χ4n) is 2.75. The van der Waals surface area contributed by atoms with Crippen molar-refractivity contribution in [1.82, 2.24) is 0 Å². The zero-order chi connectivity index (χ0) is 17.5. The molecule has 134 valence electrons. The van der Waals surface area contributed by atoms with Crippen molar-refractivity contribution in [3.63, 3.8) is 0 Å². The molecular formula is C20H24O5. The SMILES string of the molecule is OC[C@H]1O[C@H]1[C@H](OCc1ccccc1)[C@H](O)COCc1ccccc1. The maximum absolute atomic E-state index is 10.5. The van der Waals surface area contributed by atoms with Gasteiger partial charge in [-0.05, 0) is 11.1 Å². The number of epoxide rings is 1. The molecule has 1 saturated heterocycles. The minimum Gasteiger partial charge on any atom is -0.394 e. The Kier molecular flexibility index (Phi) is 6.55. The van der Waals surface area contributed by atoms with Crippen molar-refractivity contribution in [3.05, 3.63) is 71.8 Å². The highest BCUT2D eigenvalue weighted by Gasteiger charge is 2.48. The van der Waals surface area contributed by atoms with Crippen LogP contribution < -0.4 is 0 Å². The molecule has 5 nitrogen and oxygen atoms in total. The van der Waals surface area contributed by atoms with Crippen molar-refractivity contribution in [3.8, 4) is 0 Å². The van der Waals surface area contributed by atoms with Gasteiger partial charge in [-0.1, -0.05) is 60.7 Å². The molecule has 3 rings (SSSR count). The van der Waals surface area contributed by atoms with Crippen molar-refractivity contribution >= 4 is 0 Å². The summed E-state index contributed by atoms with van der Waals surface area (Å²) in [5, 5.41) is 19.7. The van der Waals surface area contributed by atoms with Gasteiger partial charge in [0.05, 0.1) is 26.4 Å². The fraction of sp³-hybridized carbons (Fsp3) is 0.400. The molecule has 0 aliphatic carbocycles. The Hall–Kier alpha value is -1.76. The van der Waals surface area contributed by atoms with Crippen molar-refractivity contribution in [1.29, 1.82) is 0 Å². The molecule has 0 unspecified atom stereocenters. The third-order valence-electron chi connectivity index (χ3n) is 4.19. The van der Waals surface area contributed by atoms with Gasteiger partial charge >= 0.3 is 0 Å². The van der Waals surface area contributed by atoms with Crippen molar-refractivity contribution in [2.45, 2.75) is 37.6 Å². The highest BCUT2D eigenvalue weighted by molar-refractivity contribution is 5.14. The van der Waals surface area contributed by atoms with Crippen LogP contribution in [-0.4, -0.2) is 47.8 Å². The van der Waals surface area contributed by atoms with E-state index in [4.69, 9.17) is 14.2 Å². The van der Waals surface area contributed by atoms with Crippen LogP contribution in [0.4, 0.5) is 0 Å². The summed E-state index contributed by atoms with van der Waals surface area (Å²) in [7, 11) is 0. The van der Waals surface area contributed by atoms with Crippen LogP contribution in [0.5, 0.6) is 0 Å². The molecule has 0 bridgehead atoms. The molecule has 1 aliphatic rings. The van der Waals surface area contributed by atoms with Crippen LogP contribution >= 0.6 is 0 Å². The summed E-state index contributed by atoms with van der Waals surface area (Å²) in [6.45, 7) is 0.872. The van der Waals surface area contributed by atoms with E-state index < -0.39 is 12.2 Å². The van der Waals surface area contributed by atoms with Gasteiger partial charge in [-0.25, -0.2) is 0 Å². The maximum Gasteiger partial charge on any atom is 0.115 e.